The molecule has 5 heteroatoms. The summed E-state index contributed by atoms with van der Waals surface area (Å²) in [4.78, 5) is 21.8. The van der Waals surface area contributed by atoms with E-state index in [-0.39, 0.29) is 5.91 Å². The molecule has 27 heavy (non-hydrogen) atoms. The van der Waals surface area contributed by atoms with E-state index >= 15 is 0 Å². The molecular weight excluding hydrogens is 336 g/mol. The van der Waals surface area contributed by atoms with Crippen molar-refractivity contribution in [3.05, 3.63) is 59.8 Å². The van der Waals surface area contributed by atoms with Gasteiger partial charge >= 0.3 is 0 Å². The van der Waals surface area contributed by atoms with E-state index < -0.39 is 0 Å². The molecule has 0 bridgehead atoms. The molecule has 1 saturated heterocycles. The third kappa shape index (κ3) is 5.54. The Morgan fingerprint density at radius 3 is 2.52 bits per heavy atom. The minimum Gasteiger partial charge on any atom is -0.369 e. The Morgan fingerprint density at radius 2 is 1.81 bits per heavy atom. The summed E-state index contributed by atoms with van der Waals surface area (Å²) in [5.41, 5.74) is 2.00. The predicted molar refractivity (Wildman–Crippen MR) is 110 cm³/mol. The lowest BCUT2D eigenvalue weighted by atomic mass is 10.1. The number of nitrogens with zero attached hydrogens (tertiary/aromatic N) is 3. The molecule has 0 aliphatic carbocycles. The van der Waals surface area contributed by atoms with Crippen LogP contribution in [0.1, 0.15) is 36.2 Å². The van der Waals surface area contributed by atoms with E-state index in [9.17, 15) is 4.79 Å². The Kier molecular flexibility index (Phi) is 6.82. The molecule has 1 fully saturated rings. The van der Waals surface area contributed by atoms with Crippen molar-refractivity contribution in [2.75, 3.05) is 38.0 Å². The second-order valence-electron chi connectivity index (χ2n) is 7.56. The summed E-state index contributed by atoms with van der Waals surface area (Å²) in [5, 5.41) is 3.34. The topological polar surface area (TPSA) is 48.5 Å². The van der Waals surface area contributed by atoms with Crippen molar-refractivity contribution < 1.29 is 4.79 Å². The maximum absolute atomic E-state index is 13.0. The van der Waals surface area contributed by atoms with E-state index in [4.69, 9.17) is 0 Å². The average molecular weight is 367 g/mol. The van der Waals surface area contributed by atoms with Crippen LogP contribution in [0.15, 0.2) is 48.7 Å². The van der Waals surface area contributed by atoms with Gasteiger partial charge in [-0.25, -0.2) is 4.98 Å². The minimum absolute atomic E-state index is 0.0782. The van der Waals surface area contributed by atoms with Gasteiger partial charge in [-0.3, -0.25) is 9.69 Å². The first-order chi connectivity index (χ1) is 13.1. The van der Waals surface area contributed by atoms with Gasteiger partial charge in [-0.2, -0.15) is 0 Å². The highest BCUT2D eigenvalue weighted by Crippen LogP contribution is 2.17. The number of rotatable bonds is 7. The van der Waals surface area contributed by atoms with Crippen molar-refractivity contribution in [2.45, 2.75) is 26.8 Å². The number of pyridine rings is 1. The van der Waals surface area contributed by atoms with Crippen LogP contribution in [0.5, 0.6) is 0 Å². The molecule has 0 atom stereocenters. The van der Waals surface area contributed by atoms with Crippen molar-refractivity contribution in [3.63, 3.8) is 0 Å². The van der Waals surface area contributed by atoms with E-state index in [1.165, 1.54) is 5.56 Å². The molecule has 0 saturated carbocycles. The summed E-state index contributed by atoms with van der Waals surface area (Å²) in [6.45, 7) is 9.48. The lowest BCUT2D eigenvalue weighted by Gasteiger charge is -2.35. The van der Waals surface area contributed by atoms with Crippen molar-refractivity contribution in [3.8, 4) is 0 Å². The van der Waals surface area contributed by atoms with E-state index in [1.807, 2.05) is 23.1 Å². The Morgan fingerprint density at radius 1 is 1.07 bits per heavy atom. The lowest BCUT2D eigenvalue weighted by Crippen LogP contribution is -2.48. The quantitative estimate of drug-likeness (QED) is 0.815. The van der Waals surface area contributed by atoms with Gasteiger partial charge in [-0.15, -0.1) is 0 Å². The van der Waals surface area contributed by atoms with Crippen LogP contribution in [0.4, 0.5) is 5.82 Å². The first-order valence-corrected chi connectivity index (χ1v) is 9.88. The summed E-state index contributed by atoms with van der Waals surface area (Å²) >= 11 is 0. The van der Waals surface area contributed by atoms with E-state index in [1.54, 1.807) is 6.20 Å². The van der Waals surface area contributed by atoms with Crippen LogP contribution < -0.4 is 5.32 Å². The number of piperazine rings is 1. The summed E-state index contributed by atoms with van der Waals surface area (Å²) in [7, 11) is 0. The van der Waals surface area contributed by atoms with Crippen LogP contribution in [-0.4, -0.2) is 53.4 Å². The maximum atomic E-state index is 13.0. The van der Waals surface area contributed by atoms with E-state index in [2.05, 4.69) is 53.3 Å². The summed E-state index contributed by atoms with van der Waals surface area (Å²) in [6.07, 6.45) is 2.80. The molecule has 1 aliphatic heterocycles. The largest absolute Gasteiger partial charge is 0.369 e. The highest BCUT2D eigenvalue weighted by molar-refractivity contribution is 5.98. The molecule has 1 aromatic heterocycles. The lowest BCUT2D eigenvalue weighted by molar-refractivity contribution is 0.0629. The van der Waals surface area contributed by atoms with Crippen LogP contribution in [0.2, 0.25) is 0 Å². The van der Waals surface area contributed by atoms with Crippen molar-refractivity contribution in [1.82, 2.24) is 14.8 Å². The van der Waals surface area contributed by atoms with Gasteiger partial charge in [0, 0.05) is 45.5 Å². The van der Waals surface area contributed by atoms with E-state index in [0.29, 0.717) is 17.3 Å². The fraction of sp³-hybridized carbons (Fsp3) is 0.455. The second-order valence-corrected chi connectivity index (χ2v) is 7.56. The molecule has 0 radical (unpaired) electrons. The molecule has 1 aromatic carbocycles. The first kappa shape index (κ1) is 19.4. The standard InChI is InChI=1S/C22H30N4O/c1-18(2)10-12-24-21-20(9-6-11-23-21)22(27)26-15-13-25(14-16-26)17-19-7-4-3-5-8-19/h3-9,11,18H,10,12-17H2,1-2H3,(H,23,24). The molecule has 1 amide bonds. The monoisotopic (exact) mass is 366 g/mol. The smallest absolute Gasteiger partial charge is 0.257 e. The summed E-state index contributed by atoms with van der Waals surface area (Å²) in [6, 6.07) is 14.2. The number of carbonyl (C=O) groups is 1. The van der Waals surface area contributed by atoms with Crippen molar-refractivity contribution in [2.24, 2.45) is 5.92 Å². The number of benzene rings is 1. The van der Waals surface area contributed by atoms with Crippen LogP contribution >= 0.6 is 0 Å². The molecule has 5 nitrogen and oxygen atoms in total. The minimum atomic E-state index is 0.0782. The van der Waals surface area contributed by atoms with Crippen molar-refractivity contribution in [1.29, 1.82) is 0 Å². The molecular formula is C22H30N4O. The Hall–Kier alpha value is -2.40. The highest BCUT2D eigenvalue weighted by atomic mass is 16.2. The molecule has 2 heterocycles. The normalized spacial score (nSPS) is 15.1. The Balaban J connectivity index is 1.56. The highest BCUT2D eigenvalue weighted by Gasteiger charge is 2.24. The number of nitrogens with one attached hydrogen (secondary N) is 1. The first-order valence-electron chi connectivity index (χ1n) is 9.88. The third-order valence-corrected chi connectivity index (χ3v) is 4.96. The predicted octanol–water partition coefficient (Wildman–Crippen LogP) is 3.50. The average Bonchev–Trinajstić information content (AvgIpc) is 2.69. The number of hydrogen-bond donors (Lipinski definition) is 1. The third-order valence-electron chi connectivity index (χ3n) is 4.96. The van der Waals surface area contributed by atoms with Gasteiger partial charge in [-0.1, -0.05) is 44.2 Å². The van der Waals surface area contributed by atoms with Crippen molar-refractivity contribution >= 4 is 11.7 Å². The van der Waals surface area contributed by atoms with Gasteiger partial charge in [0.1, 0.15) is 5.82 Å². The van der Waals surface area contributed by atoms with Gasteiger partial charge < -0.3 is 10.2 Å². The zero-order valence-electron chi connectivity index (χ0n) is 16.4. The van der Waals surface area contributed by atoms with Crippen LogP contribution in [0.25, 0.3) is 0 Å². The Labute approximate surface area is 162 Å². The SMILES string of the molecule is CC(C)CCNc1ncccc1C(=O)N1CCN(Cc2ccccc2)CC1. The maximum Gasteiger partial charge on any atom is 0.257 e. The second kappa shape index (κ2) is 9.51. The van der Waals surface area contributed by atoms with Gasteiger partial charge in [0.25, 0.3) is 5.91 Å². The fourth-order valence-corrected chi connectivity index (χ4v) is 3.32. The van der Waals surface area contributed by atoms with Gasteiger partial charge in [0.2, 0.25) is 0 Å². The zero-order chi connectivity index (χ0) is 19.1. The van der Waals surface area contributed by atoms with Crippen LogP contribution in [-0.2, 0) is 6.54 Å². The number of anilines is 1. The molecule has 0 unspecified atom stereocenters. The summed E-state index contributed by atoms with van der Waals surface area (Å²) in [5.74, 6) is 1.41. The number of hydrogen-bond acceptors (Lipinski definition) is 4. The zero-order valence-corrected chi connectivity index (χ0v) is 16.4. The van der Waals surface area contributed by atoms with Gasteiger partial charge in [0.15, 0.2) is 0 Å². The molecule has 1 N–H and O–H groups in total. The van der Waals surface area contributed by atoms with E-state index in [0.717, 1.165) is 45.7 Å². The molecule has 1 aliphatic rings. The van der Waals surface area contributed by atoms with Gasteiger partial charge in [-0.05, 0) is 30.0 Å². The number of carbonyl (C=O) groups excluding carboxylic acids is 1. The van der Waals surface area contributed by atoms with Crippen LogP contribution in [0.3, 0.4) is 0 Å². The summed E-state index contributed by atoms with van der Waals surface area (Å²) < 4.78 is 0. The molecule has 0 spiro atoms. The molecule has 144 valence electrons. The molecule has 3 rings (SSSR count). The molecule has 2 aromatic rings. The van der Waals surface area contributed by atoms with Gasteiger partial charge in [0.05, 0.1) is 5.56 Å². The number of amides is 1. The Bertz CT molecular complexity index is 724. The fourth-order valence-electron chi connectivity index (χ4n) is 3.32. The van der Waals surface area contributed by atoms with Crippen LogP contribution in [0, 0.1) is 5.92 Å². The number of aromatic nitrogens is 1.